The van der Waals surface area contributed by atoms with E-state index in [9.17, 15) is 9.90 Å². The molecule has 3 aromatic rings. The lowest BCUT2D eigenvalue weighted by molar-refractivity contribution is 0.0973. The van der Waals surface area contributed by atoms with Gasteiger partial charge in [-0.15, -0.1) is 0 Å². The van der Waals surface area contributed by atoms with E-state index in [2.05, 4.69) is 21.8 Å². The van der Waals surface area contributed by atoms with Crippen LogP contribution in [0.25, 0.3) is 0 Å². The number of hydrogen-bond donors (Lipinski definition) is 2. The van der Waals surface area contributed by atoms with E-state index in [4.69, 9.17) is 33.7 Å². The Kier molecular flexibility index (Phi) is 7.65. The minimum absolute atomic E-state index is 0.0374. The van der Waals surface area contributed by atoms with Crippen molar-refractivity contribution in [3.63, 3.8) is 0 Å². The molecule has 2 aromatic carbocycles. The van der Waals surface area contributed by atoms with Crippen LogP contribution in [0.2, 0.25) is 10.0 Å². The molecule has 1 spiro atoms. The molecule has 194 valence electrons. The summed E-state index contributed by atoms with van der Waals surface area (Å²) in [6.45, 7) is 4.53. The number of hydrogen-bond acceptors (Lipinski definition) is 8. The third-order valence-electron chi connectivity index (χ3n) is 7.41. The fraction of sp³-hybridized carbons (Fsp3) is 0.370. The highest BCUT2D eigenvalue weighted by molar-refractivity contribution is 7.99. The molecule has 0 saturated carbocycles. The van der Waals surface area contributed by atoms with Crippen LogP contribution in [0.15, 0.2) is 58.7 Å². The molecule has 7 nitrogen and oxygen atoms in total. The van der Waals surface area contributed by atoms with Gasteiger partial charge in [0.05, 0.1) is 35.7 Å². The Labute approximate surface area is 230 Å². The fourth-order valence-corrected chi connectivity index (χ4v) is 6.35. The van der Waals surface area contributed by atoms with Gasteiger partial charge in [0, 0.05) is 40.9 Å². The average Bonchev–Trinajstić information content (AvgIpc) is 3.17. The number of anilines is 1. The average molecular weight is 560 g/mol. The number of nitrogens with two attached hydrogens (primary N) is 1. The maximum Gasteiger partial charge on any atom is 0.171 e. The molecule has 0 amide bonds. The number of Topliss-reactive ketones (excluding diaryl/α,β-unsaturated/α-hetero) is 1. The molecule has 10 heteroatoms. The van der Waals surface area contributed by atoms with Gasteiger partial charge in [0.2, 0.25) is 0 Å². The lowest BCUT2D eigenvalue weighted by Gasteiger charge is -2.41. The van der Waals surface area contributed by atoms with Gasteiger partial charge in [0.15, 0.2) is 5.78 Å². The molecule has 3 N–H and O–H groups in total. The van der Waals surface area contributed by atoms with Crippen LogP contribution >= 0.6 is 35.0 Å². The van der Waals surface area contributed by atoms with Crippen molar-refractivity contribution in [1.29, 1.82) is 0 Å². The number of ether oxygens (including phenoxy) is 1. The van der Waals surface area contributed by atoms with E-state index in [0.29, 0.717) is 20.6 Å². The normalized spacial score (nSPS) is 20.9. The molecule has 5 rings (SSSR count). The zero-order chi connectivity index (χ0) is 26.2. The Balaban J connectivity index is 1.24. The third kappa shape index (κ3) is 5.45. The van der Waals surface area contributed by atoms with Crippen molar-refractivity contribution >= 4 is 46.6 Å². The highest BCUT2D eigenvalue weighted by Gasteiger charge is 2.47. The highest BCUT2D eigenvalue weighted by atomic mass is 35.5. The van der Waals surface area contributed by atoms with E-state index < -0.39 is 0 Å². The maximum absolute atomic E-state index is 12.8. The van der Waals surface area contributed by atoms with Crippen LogP contribution in [0.5, 0.6) is 5.75 Å². The highest BCUT2D eigenvalue weighted by Crippen LogP contribution is 2.42. The van der Waals surface area contributed by atoms with E-state index >= 15 is 0 Å². The molecule has 0 unspecified atom stereocenters. The summed E-state index contributed by atoms with van der Waals surface area (Å²) in [7, 11) is 0. The summed E-state index contributed by atoms with van der Waals surface area (Å²) in [6.07, 6.45) is 5.63. The molecule has 2 saturated heterocycles. The van der Waals surface area contributed by atoms with Crippen molar-refractivity contribution in [2.24, 2.45) is 11.1 Å². The molecular weight excluding hydrogens is 531 g/mol. The number of aromatic hydroxyl groups is 1. The van der Waals surface area contributed by atoms with Crippen molar-refractivity contribution in [1.82, 2.24) is 9.97 Å². The van der Waals surface area contributed by atoms with Crippen LogP contribution < -0.4 is 10.6 Å². The minimum Gasteiger partial charge on any atom is -0.507 e. The maximum atomic E-state index is 12.8. The smallest absolute Gasteiger partial charge is 0.171 e. The first-order chi connectivity index (χ1) is 17.8. The Morgan fingerprint density at radius 1 is 1.22 bits per heavy atom. The van der Waals surface area contributed by atoms with Gasteiger partial charge in [-0.05, 0) is 49.6 Å². The van der Waals surface area contributed by atoms with E-state index in [-0.39, 0.29) is 41.1 Å². The number of nitrogens with zero attached hydrogens (tertiary/aromatic N) is 3. The van der Waals surface area contributed by atoms with Crippen molar-refractivity contribution in [2.75, 3.05) is 24.6 Å². The second-order valence-corrected chi connectivity index (χ2v) is 11.6. The number of ketones is 1. The van der Waals surface area contributed by atoms with Crippen LogP contribution in [-0.2, 0) is 11.2 Å². The molecule has 3 heterocycles. The van der Waals surface area contributed by atoms with Gasteiger partial charge in [-0.1, -0.05) is 47.1 Å². The fourth-order valence-electron chi connectivity index (χ4n) is 5.06. The van der Waals surface area contributed by atoms with Gasteiger partial charge in [-0.25, -0.2) is 9.97 Å². The summed E-state index contributed by atoms with van der Waals surface area (Å²) >= 11 is 14.0. The number of piperidine rings is 1. The molecular formula is C27H28Cl2N4O3S. The topological polar surface area (TPSA) is 102 Å². The zero-order valence-electron chi connectivity index (χ0n) is 20.4. The van der Waals surface area contributed by atoms with Crippen LogP contribution in [-0.4, -0.2) is 52.7 Å². The largest absolute Gasteiger partial charge is 0.507 e. The molecule has 0 bridgehead atoms. The van der Waals surface area contributed by atoms with E-state index in [1.807, 2.05) is 12.1 Å². The molecule has 2 fully saturated rings. The standard InChI is InChI=1S/C27H28Cl2N4O3S/c1-16-26(30)27(15-36-16)7-9-33(10-8-27)23-13-32-24(14-31-23)37-22-4-2-3-17(25(22)29)11-21(35)19-12-18(28)5-6-20(19)34/h2-6,12-14,16,26,34H,7-11,15,30H2,1H3/t16-,26+/m0/s1. The SMILES string of the molecule is C[C@@H]1OCC2(CCN(c3cnc(Sc4cccc(CC(=O)c5cc(Cl)ccc5O)c4Cl)cn3)CC2)[C@@H]1N. The summed E-state index contributed by atoms with van der Waals surface area (Å²) < 4.78 is 5.82. The second-order valence-electron chi connectivity index (χ2n) is 9.70. The van der Waals surface area contributed by atoms with Crippen molar-refractivity contribution in [3.05, 3.63) is 70.0 Å². The second kappa shape index (κ2) is 10.8. The van der Waals surface area contributed by atoms with Gasteiger partial charge < -0.3 is 20.5 Å². The van der Waals surface area contributed by atoms with E-state index in [0.717, 1.165) is 43.3 Å². The van der Waals surface area contributed by atoms with Crippen molar-refractivity contribution < 1.29 is 14.6 Å². The monoisotopic (exact) mass is 558 g/mol. The lowest BCUT2D eigenvalue weighted by Crippen LogP contribution is -2.50. The summed E-state index contributed by atoms with van der Waals surface area (Å²) in [5, 5.41) is 11.6. The molecule has 0 aliphatic carbocycles. The van der Waals surface area contributed by atoms with E-state index in [1.54, 1.807) is 18.5 Å². The van der Waals surface area contributed by atoms with Gasteiger partial charge in [-0.3, -0.25) is 4.79 Å². The first-order valence-corrected chi connectivity index (χ1v) is 13.7. The predicted octanol–water partition coefficient (Wildman–Crippen LogP) is 5.40. The van der Waals surface area contributed by atoms with Crippen LogP contribution in [0.4, 0.5) is 5.82 Å². The Bertz CT molecular complexity index is 1300. The number of phenolic OH excluding ortho intramolecular Hbond substituents is 1. The quantitative estimate of drug-likeness (QED) is 0.388. The van der Waals surface area contributed by atoms with Crippen LogP contribution in [0.3, 0.4) is 0 Å². The van der Waals surface area contributed by atoms with Gasteiger partial charge in [-0.2, -0.15) is 0 Å². The van der Waals surface area contributed by atoms with Crippen LogP contribution in [0.1, 0.15) is 35.7 Å². The number of aromatic nitrogens is 2. The van der Waals surface area contributed by atoms with Gasteiger partial charge in [0.1, 0.15) is 16.6 Å². The summed E-state index contributed by atoms with van der Waals surface area (Å²) in [5.41, 5.74) is 7.33. The van der Waals surface area contributed by atoms with Gasteiger partial charge in [0.25, 0.3) is 0 Å². The summed E-state index contributed by atoms with van der Waals surface area (Å²) in [6, 6.07) is 10.0. The molecule has 37 heavy (non-hydrogen) atoms. The minimum atomic E-state index is -0.268. The number of carbonyl (C=O) groups excluding carboxylic acids is 1. The number of halogens is 2. The predicted molar refractivity (Wildman–Crippen MR) is 146 cm³/mol. The number of phenols is 1. The van der Waals surface area contributed by atoms with Crippen molar-refractivity contribution in [2.45, 2.75) is 48.3 Å². The first-order valence-electron chi connectivity index (χ1n) is 12.2. The van der Waals surface area contributed by atoms with E-state index in [1.165, 1.54) is 30.0 Å². The molecule has 1 aromatic heterocycles. The zero-order valence-corrected chi connectivity index (χ0v) is 22.7. The number of carbonyl (C=O) groups is 1. The lowest BCUT2D eigenvalue weighted by atomic mass is 9.73. The third-order valence-corrected chi connectivity index (χ3v) is 9.19. The Morgan fingerprint density at radius 3 is 2.68 bits per heavy atom. The van der Waals surface area contributed by atoms with Crippen molar-refractivity contribution in [3.8, 4) is 5.75 Å². The number of rotatable bonds is 6. The molecule has 2 aliphatic heterocycles. The molecule has 0 radical (unpaired) electrons. The summed E-state index contributed by atoms with van der Waals surface area (Å²) in [5.74, 6) is 0.465. The van der Waals surface area contributed by atoms with Gasteiger partial charge >= 0.3 is 0 Å². The molecule has 2 aliphatic rings. The Morgan fingerprint density at radius 2 is 2.00 bits per heavy atom. The Hall–Kier alpha value is -2.36. The summed E-state index contributed by atoms with van der Waals surface area (Å²) in [4.78, 5) is 25.1. The molecule has 2 atom stereocenters. The number of benzene rings is 2. The first kappa shape index (κ1) is 26.3. The van der Waals surface area contributed by atoms with Crippen LogP contribution in [0, 0.1) is 5.41 Å².